The molecular formula is C14H20O2. The number of para-hydroxylation sites is 1. The first-order valence-corrected chi connectivity index (χ1v) is 5.69. The van der Waals surface area contributed by atoms with Crippen LogP contribution in [0.15, 0.2) is 18.2 Å². The van der Waals surface area contributed by atoms with E-state index in [0.29, 0.717) is 0 Å². The van der Waals surface area contributed by atoms with Crippen molar-refractivity contribution >= 4 is 6.29 Å². The number of aldehydes is 1. The normalized spacial score (nSPS) is 11.2. The van der Waals surface area contributed by atoms with E-state index in [1.54, 1.807) is 7.11 Å². The quantitative estimate of drug-likeness (QED) is 0.713. The van der Waals surface area contributed by atoms with Crippen LogP contribution < -0.4 is 4.74 Å². The van der Waals surface area contributed by atoms with Crippen molar-refractivity contribution < 1.29 is 9.53 Å². The molecular weight excluding hydrogens is 200 g/mol. The minimum atomic E-state index is -0.491. The molecule has 0 radical (unpaired) electrons. The van der Waals surface area contributed by atoms with Crippen molar-refractivity contribution in [1.29, 1.82) is 0 Å². The Bertz CT molecular complexity index is 367. The monoisotopic (exact) mass is 220 g/mol. The Hall–Kier alpha value is -1.31. The summed E-state index contributed by atoms with van der Waals surface area (Å²) in [6.07, 6.45) is 3.02. The Morgan fingerprint density at radius 3 is 2.56 bits per heavy atom. The molecule has 16 heavy (non-hydrogen) atoms. The van der Waals surface area contributed by atoms with Crippen LogP contribution in [0.4, 0.5) is 0 Å². The first-order valence-electron chi connectivity index (χ1n) is 5.69. The smallest absolute Gasteiger partial charge is 0.130 e. The number of rotatable bonds is 5. The van der Waals surface area contributed by atoms with Crippen molar-refractivity contribution in [3.8, 4) is 5.75 Å². The molecule has 0 aliphatic rings. The van der Waals surface area contributed by atoms with Gasteiger partial charge in [-0.15, -0.1) is 0 Å². The second-order valence-electron chi connectivity index (χ2n) is 4.59. The molecule has 0 aromatic heterocycles. The number of carbonyl (C=O) groups is 1. The predicted molar refractivity (Wildman–Crippen MR) is 66.1 cm³/mol. The average Bonchev–Trinajstić information content (AvgIpc) is 2.29. The van der Waals surface area contributed by atoms with Gasteiger partial charge in [-0.2, -0.15) is 0 Å². The maximum absolute atomic E-state index is 11.1. The zero-order chi connectivity index (χ0) is 12.2. The molecule has 1 aromatic carbocycles. The second kappa shape index (κ2) is 5.15. The summed E-state index contributed by atoms with van der Waals surface area (Å²) in [4.78, 5) is 11.1. The van der Waals surface area contributed by atoms with Crippen LogP contribution in [0.25, 0.3) is 0 Å². The minimum absolute atomic E-state index is 0.491. The van der Waals surface area contributed by atoms with Crippen LogP contribution >= 0.6 is 0 Å². The standard InChI is InChI=1S/C14H20O2/c1-5-7-11-8-6-9-12(13(11)16-4)14(2,3)10-15/h6,8-10H,5,7H2,1-4H3. The van der Waals surface area contributed by atoms with Gasteiger partial charge in [0.05, 0.1) is 7.11 Å². The van der Waals surface area contributed by atoms with Gasteiger partial charge in [-0.1, -0.05) is 31.5 Å². The van der Waals surface area contributed by atoms with Crippen molar-refractivity contribution in [2.45, 2.75) is 39.0 Å². The van der Waals surface area contributed by atoms with Gasteiger partial charge < -0.3 is 9.53 Å². The Labute approximate surface area is 97.6 Å². The van der Waals surface area contributed by atoms with E-state index >= 15 is 0 Å². The van der Waals surface area contributed by atoms with E-state index in [-0.39, 0.29) is 0 Å². The minimum Gasteiger partial charge on any atom is -0.496 e. The molecule has 0 bridgehead atoms. The molecule has 0 saturated heterocycles. The van der Waals surface area contributed by atoms with Crippen LogP contribution in [-0.2, 0) is 16.6 Å². The number of benzene rings is 1. The lowest BCUT2D eigenvalue weighted by Gasteiger charge is -2.22. The van der Waals surface area contributed by atoms with Gasteiger partial charge in [-0.3, -0.25) is 0 Å². The molecule has 0 fully saturated rings. The number of hydrogen-bond acceptors (Lipinski definition) is 2. The fourth-order valence-electron chi connectivity index (χ4n) is 1.86. The zero-order valence-corrected chi connectivity index (χ0v) is 10.5. The van der Waals surface area contributed by atoms with Gasteiger partial charge in [0, 0.05) is 11.0 Å². The Morgan fingerprint density at radius 2 is 2.06 bits per heavy atom. The summed E-state index contributed by atoms with van der Waals surface area (Å²) in [6.45, 7) is 5.96. The topological polar surface area (TPSA) is 26.3 Å². The summed E-state index contributed by atoms with van der Waals surface area (Å²) < 4.78 is 5.46. The lowest BCUT2D eigenvalue weighted by Crippen LogP contribution is -2.20. The third-order valence-corrected chi connectivity index (χ3v) is 2.81. The summed E-state index contributed by atoms with van der Waals surface area (Å²) in [5.41, 5.74) is 1.66. The number of hydrogen-bond donors (Lipinski definition) is 0. The van der Waals surface area contributed by atoms with Gasteiger partial charge in [0.2, 0.25) is 0 Å². The highest BCUT2D eigenvalue weighted by atomic mass is 16.5. The van der Waals surface area contributed by atoms with Gasteiger partial charge >= 0.3 is 0 Å². The molecule has 2 nitrogen and oxygen atoms in total. The highest BCUT2D eigenvalue weighted by Gasteiger charge is 2.24. The highest BCUT2D eigenvalue weighted by molar-refractivity contribution is 5.70. The second-order valence-corrected chi connectivity index (χ2v) is 4.59. The van der Waals surface area contributed by atoms with Crippen molar-refractivity contribution in [2.24, 2.45) is 0 Å². The molecule has 0 heterocycles. The Morgan fingerprint density at radius 1 is 1.38 bits per heavy atom. The maximum atomic E-state index is 11.1. The lowest BCUT2D eigenvalue weighted by molar-refractivity contribution is -0.111. The number of aryl methyl sites for hydroxylation is 1. The molecule has 0 atom stereocenters. The summed E-state index contributed by atoms with van der Waals surface area (Å²) in [5, 5.41) is 0. The molecule has 1 aromatic rings. The van der Waals surface area contributed by atoms with Crippen molar-refractivity contribution in [3.63, 3.8) is 0 Å². The van der Waals surface area contributed by atoms with Crippen LogP contribution in [0, 0.1) is 0 Å². The summed E-state index contributed by atoms with van der Waals surface area (Å²) >= 11 is 0. The molecule has 0 aliphatic carbocycles. The van der Waals surface area contributed by atoms with Crippen molar-refractivity contribution in [1.82, 2.24) is 0 Å². The van der Waals surface area contributed by atoms with Crippen molar-refractivity contribution in [2.75, 3.05) is 7.11 Å². The first kappa shape index (κ1) is 12.8. The Balaban J connectivity index is 3.28. The van der Waals surface area contributed by atoms with Crippen LogP contribution in [0.2, 0.25) is 0 Å². The summed E-state index contributed by atoms with van der Waals surface area (Å²) in [7, 11) is 1.67. The molecule has 0 spiro atoms. The fourth-order valence-corrected chi connectivity index (χ4v) is 1.86. The third kappa shape index (κ3) is 2.43. The van der Waals surface area contributed by atoms with Crippen LogP contribution in [-0.4, -0.2) is 13.4 Å². The maximum Gasteiger partial charge on any atom is 0.130 e. The summed E-state index contributed by atoms with van der Waals surface area (Å²) in [6, 6.07) is 6.02. The molecule has 0 amide bonds. The largest absolute Gasteiger partial charge is 0.496 e. The Kier molecular flexibility index (Phi) is 4.11. The molecule has 0 aliphatic heterocycles. The molecule has 88 valence electrons. The van der Waals surface area contributed by atoms with E-state index in [2.05, 4.69) is 13.0 Å². The van der Waals surface area contributed by atoms with Crippen molar-refractivity contribution in [3.05, 3.63) is 29.3 Å². The van der Waals surface area contributed by atoms with E-state index in [9.17, 15) is 4.79 Å². The number of carbonyl (C=O) groups excluding carboxylic acids is 1. The SMILES string of the molecule is CCCc1cccc(C(C)(C)C=O)c1OC. The number of ether oxygens (including phenoxy) is 1. The first-order chi connectivity index (χ1) is 7.56. The van der Waals surface area contributed by atoms with Gasteiger partial charge in [0.25, 0.3) is 0 Å². The van der Waals surface area contributed by atoms with Gasteiger partial charge in [0.1, 0.15) is 12.0 Å². The zero-order valence-electron chi connectivity index (χ0n) is 10.5. The molecule has 0 unspecified atom stereocenters. The fraction of sp³-hybridized carbons (Fsp3) is 0.500. The van der Waals surface area contributed by atoms with Gasteiger partial charge in [0.15, 0.2) is 0 Å². The van der Waals surface area contributed by atoms with Gasteiger partial charge in [-0.25, -0.2) is 0 Å². The van der Waals surface area contributed by atoms with E-state index in [1.165, 1.54) is 5.56 Å². The number of methoxy groups -OCH3 is 1. The highest BCUT2D eigenvalue weighted by Crippen LogP contribution is 2.33. The van der Waals surface area contributed by atoms with E-state index in [0.717, 1.165) is 30.4 Å². The van der Waals surface area contributed by atoms with Crippen LogP contribution in [0.5, 0.6) is 5.75 Å². The molecule has 0 N–H and O–H groups in total. The van der Waals surface area contributed by atoms with E-state index < -0.39 is 5.41 Å². The third-order valence-electron chi connectivity index (χ3n) is 2.81. The van der Waals surface area contributed by atoms with E-state index in [1.807, 2.05) is 26.0 Å². The average molecular weight is 220 g/mol. The molecule has 1 rings (SSSR count). The summed E-state index contributed by atoms with van der Waals surface area (Å²) in [5.74, 6) is 0.862. The van der Waals surface area contributed by atoms with Crippen LogP contribution in [0.1, 0.15) is 38.3 Å². The predicted octanol–water partition coefficient (Wildman–Crippen LogP) is 3.12. The van der Waals surface area contributed by atoms with Gasteiger partial charge in [-0.05, 0) is 25.8 Å². The molecule has 0 saturated carbocycles. The van der Waals surface area contributed by atoms with Crippen LogP contribution in [0.3, 0.4) is 0 Å². The lowest BCUT2D eigenvalue weighted by atomic mass is 9.84. The molecule has 2 heteroatoms. The van der Waals surface area contributed by atoms with E-state index in [4.69, 9.17) is 4.74 Å².